The molecule has 1 saturated carbocycles. The third-order valence-corrected chi connectivity index (χ3v) is 6.30. The Hall–Kier alpha value is -2.84. The summed E-state index contributed by atoms with van der Waals surface area (Å²) in [5, 5.41) is 0.680. The van der Waals surface area contributed by atoms with Gasteiger partial charge in [-0.3, -0.25) is 4.79 Å². The second-order valence-electron chi connectivity index (χ2n) is 8.38. The van der Waals surface area contributed by atoms with Gasteiger partial charge in [0.25, 0.3) is 0 Å². The highest BCUT2D eigenvalue weighted by molar-refractivity contribution is 6.48. The standard InChI is InChI=1S/C27H25ClO2/c1-27(2)23(17-24(28)21-13-7-4-8-14-21)25(27)26(29)30-18-19-10-9-15-22(16-19)20-11-5-3-6-12-20/h3-17,23,25H,18H2,1-2H3. The van der Waals surface area contributed by atoms with E-state index >= 15 is 0 Å². The summed E-state index contributed by atoms with van der Waals surface area (Å²) in [6, 6.07) is 28.1. The number of carbonyl (C=O) groups excluding carboxylic acids is 1. The van der Waals surface area contributed by atoms with Crippen molar-refractivity contribution < 1.29 is 9.53 Å². The number of halogens is 1. The molecule has 0 radical (unpaired) electrons. The Morgan fingerprint density at radius 2 is 1.57 bits per heavy atom. The average molecular weight is 417 g/mol. The number of rotatable bonds is 6. The molecule has 0 amide bonds. The van der Waals surface area contributed by atoms with Crippen molar-refractivity contribution in [3.63, 3.8) is 0 Å². The average Bonchev–Trinajstić information content (AvgIpc) is 3.33. The smallest absolute Gasteiger partial charge is 0.310 e. The Labute approximate surface area is 183 Å². The highest BCUT2D eigenvalue weighted by Gasteiger charge is 2.61. The molecule has 0 aromatic heterocycles. The largest absolute Gasteiger partial charge is 0.461 e. The van der Waals surface area contributed by atoms with E-state index in [-0.39, 0.29) is 29.8 Å². The molecule has 1 aliphatic rings. The van der Waals surface area contributed by atoms with Gasteiger partial charge in [0.05, 0.1) is 5.92 Å². The molecule has 1 fully saturated rings. The lowest BCUT2D eigenvalue weighted by Crippen LogP contribution is -2.10. The van der Waals surface area contributed by atoms with E-state index in [4.69, 9.17) is 16.3 Å². The molecule has 0 N–H and O–H groups in total. The minimum atomic E-state index is -0.174. The molecule has 3 heteroatoms. The second kappa shape index (κ2) is 8.49. The normalized spacial score (nSPS) is 19.9. The first kappa shape index (κ1) is 20.4. The molecular weight excluding hydrogens is 392 g/mol. The van der Waals surface area contributed by atoms with E-state index in [1.54, 1.807) is 0 Å². The molecule has 3 aromatic carbocycles. The summed E-state index contributed by atoms with van der Waals surface area (Å²) in [6.45, 7) is 4.45. The second-order valence-corrected chi connectivity index (χ2v) is 8.79. The van der Waals surface area contributed by atoms with Crippen molar-refractivity contribution in [2.24, 2.45) is 17.3 Å². The first-order chi connectivity index (χ1) is 14.5. The SMILES string of the molecule is CC1(C)C(C=C(Cl)c2ccccc2)C1C(=O)OCc1cccc(-c2ccccc2)c1. The third-order valence-electron chi connectivity index (χ3n) is 5.96. The predicted octanol–water partition coefficient (Wildman–Crippen LogP) is 6.95. The van der Waals surface area contributed by atoms with Crippen molar-refractivity contribution in [3.05, 3.63) is 102 Å². The number of ether oxygens (including phenoxy) is 1. The molecule has 3 aromatic rings. The molecule has 0 heterocycles. The zero-order valence-electron chi connectivity index (χ0n) is 17.2. The lowest BCUT2D eigenvalue weighted by atomic mass is 10.0. The molecule has 2 unspecified atom stereocenters. The Morgan fingerprint density at radius 3 is 2.27 bits per heavy atom. The van der Waals surface area contributed by atoms with Crippen LogP contribution in [-0.2, 0) is 16.1 Å². The molecule has 2 atom stereocenters. The van der Waals surface area contributed by atoms with Gasteiger partial charge in [-0.2, -0.15) is 0 Å². The Morgan fingerprint density at radius 1 is 0.933 bits per heavy atom. The topological polar surface area (TPSA) is 26.3 Å². The summed E-state index contributed by atoms with van der Waals surface area (Å²) in [5.74, 6) is -0.260. The molecule has 0 bridgehead atoms. The van der Waals surface area contributed by atoms with Crippen molar-refractivity contribution in [1.82, 2.24) is 0 Å². The van der Waals surface area contributed by atoms with Crippen LogP contribution in [0.1, 0.15) is 25.0 Å². The minimum Gasteiger partial charge on any atom is -0.461 e. The molecule has 0 aliphatic heterocycles. The number of esters is 1. The van der Waals surface area contributed by atoms with Crippen LogP contribution < -0.4 is 0 Å². The Bertz CT molecular complexity index is 1050. The van der Waals surface area contributed by atoms with Crippen LogP contribution >= 0.6 is 11.6 Å². The zero-order chi connectivity index (χ0) is 21.1. The highest BCUT2D eigenvalue weighted by atomic mass is 35.5. The molecule has 0 saturated heterocycles. The maximum Gasteiger partial charge on any atom is 0.310 e. The van der Waals surface area contributed by atoms with Crippen molar-refractivity contribution in [3.8, 4) is 11.1 Å². The number of allylic oxidation sites excluding steroid dienone is 1. The number of carbonyl (C=O) groups is 1. The van der Waals surface area contributed by atoms with Crippen LogP contribution in [0.3, 0.4) is 0 Å². The van der Waals surface area contributed by atoms with E-state index in [1.165, 1.54) is 0 Å². The van der Waals surface area contributed by atoms with Gasteiger partial charge in [-0.25, -0.2) is 0 Å². The van der Waals surface area contributed by atoms with Gasteiger partial charge in [0.2, 0.25) is 0 Å². The summed E-state index contributed by atoms with van der Waals surface area (Å²) in [5.41, 5.74) is 4.06. The quantitative estimate of drug-likeness (QED) is 0.406. The number of benzene rings is 3. The van der Waals surface area contributed by atoms with Crippen LogP contribution in [-0.4, -0.2) is 5.97 Å². The molecule has 1 aliphatic carbocycles. The van der Waals surface area contributed by atoms with Gasteiger partial charge < -0.3 is 4.74 Å². The highest BCUT2D eigenvalue weighted by Crippen LogP contribution is 2.60. The molecule has 0 spiro atoms. The van der Waals surface area contributed by atoms with Crippen molar-refractivity contribution in [2.45, 2.75) is 20.5 Å². The molecular formula is C27H25ClO2. The van der Waals surface area contributed by atoms with Crippen LogP contribution in [0.25, 0.3) is 16.2 Å². The van der Waals surface area contributed by atoms with E-state index in [1.807, 2.05) is 66.7 Å². The fourth-order valence-corrected chi connectivity index (χ4v) is 4.27. The van der Waals surface area contributed by atoms with Gasteiger partial charge >= 0.3 is 5.97 Å². The fourth-order valence-electron chi connectivity index (χ4n) is 4.01. The van der Waals surface area contributed by atoms with Gasteiger partial charge in [-0.1, -0.05) is 110 Å². The van der Waals surface area contributed by atoms with Crippen LogP contribution in [0.15, 0.2) is 91.0 Å². The van der Waals surface area contributed by atoms with E-state index in [0.717, 1.165) is 22.3 Å². The lowest BCUT2D eigenvalue weighted by molar-refractivity contribution is -0.147. The van der Waals surface area contributed by atoms with Crippen LogP contribution in [0.4, 0.5) is 0 Å². The zero-order valence-corrected chi connectivity index (χ0v) is 18.0. The fraction of sp³-hybridized carbons (Fsp3) is 0.222. The first-order valence-corrected chi connectivity index (χ1v) is 10.6. The number of hydrogen-bond acceptors (Lipinski definition) is 2. The van der Waals surface area contributed by atoms with E-state index in [2.05, 4.69) is 38.1 Å². The van der Waals surface area contributed by atoms with Gasteiger partial charge in [0.1, 0.15) is 6.61 Å². The lowest BCUT2D eigenvalue weighted by Gasteiger charge is -2.08. The van der Waals surface area contributed by atoms with E-state index in [9.17, 15) is 4.79 Å². The van der Waals surface area contributed by atoms with Gasteiger partial charge in [-0.05, 0) is 39.7 Å². The minimum absolute atomic E-state index is 0.0772. The molecule has 4 rings (SSSR count). The van der Waals surface area contributed by atoms with Crippen molar-refractivity contribution in [1.29, 1.82) is 0 Å². The third kappa shape index (κ3) is 4.34. The van der Waals surface area contributed by atoms with E-state index in [0.29, 0.717) is 5.03 Å². The summed E-state index contributed by atoms with van der Waals surface area (Å²) >= 11 is 6.50. The number of hydrogen-bond donors (Lipinski definition) is 0. The first-order valence-electron chi connectivity index (χ1n) is 10.2. The summed E-state index contributed by atoms with van der Waals surface area (Å²) < 4.78 is 5.68. The van der Waals surface area contributed by atoms with Gasteiger partial charge in [0, 0.05) is 5.03 Å². The van der Waals surface area contributed by atoms with Gasteiger partial charge in [0.15, 0.2) is 0 Å². The maximum atomic E-state index is 12.8. The predicted molar refractivity (Wildman–Crippen MR) is 123 cm³/mol. The Kier molecular flexibility index (Phi) is 5.78. The molecule has 30 heavy (non-hydrogen) atoms. The van der Waals surface area contributed by atoms with Crippen LogP contribution in [0.2, 0.25) is 0 Å². The van der Waals surface area contributed by atoms with Crippen molar-refractivity contribution >= 4 is 22.6 Å². The van der Waals surface area contributed by atoms with E-state index < -0.39 is 0 Å². The maximum absolute atomic E-state index is 12.8. The summed E-state index contributed by atoms with van der Waals surface area (Å²) in [6.07, 6.45) is 2.00. The van der Waals surface area contributed by atoms with Gasteiger partial charge in [-0.15, -0.1) is 0 Å². The van der Waals surface area contributed by atoms with Crippen molar-refractivity contribution in [2.75, 3.05) is 0 Å². The molecule has 2 nitrogen and oxygen atoms in total. The van der Waals surface area contributed by atoms with Crippen LogP contribution in [0, 0.1) is 17.3 Å². The Balaban J connectivity index is 1.41. The summed E-state index contributed by atoms with van der Waals surface area (Å²) in [7, 11) is 0. The monoisotopic (exact) mass is 416 g/mol. The van der Waals surface area contributed by atoms with Crippen LogP contribution in [0.5, 0.6) is 0 Å². The molecule has 152 valence electrons. The summed E-state index contributed by atoms with van der Waals surface area (Å²) in [4.78, 5) is 12.8.